The first-order valence-electron chi connectivity index (χ1n) is 3.07. The molecule has 1 aliphatic rings. The molecule has 0 fully saturated rings. The van der Waals surface area contributed by atoms with Gasteiger partial charge in [-0.1, -0.05) is 0 Å². The summed E-state index contributed by atoms with van der Waals surface area (Å²) in [6.07, 6.45) is 3.42. The molecule has 0 bridgehead atoms. The van der Waals surface area contributed by atoms with E-state index in [9.17, 15) is 4.79 Å². The van der Waals surface area contributed by atoms with E-state index >= 15 is 0 Å². The third-order valence-electron chi connectivity index (χ3n) is 1.45. The molecular weight excluding hydrogens is 150 g/mol. The Kier molecular flexibility index (Phi) is 2.32. The number of thioether (sulfide) groups is 1. The van der Waals surface area contributed by atoms with E-state index in [0.717, 1.165) is 11.5 Å². The zero-order valence-corrected chi connectivity index (χ0v) is 6.52. The van der Waals surface area contributed by atoms with E-state index in [-0.39, 0.29) is 0 Å². The van der Waals surface area contributed by atoms with Crippen molar-refractivity contribution in [2.45, 2.75) is 18.9 Å². The average molecular weight is 159 g/mol. The number of carboxylic acids is 1. The minimum Gasteiger partial charge on any atom is -0.480 e. The molecule has 0 aromatic rings. The van der Waals surface area contributed by atoms with Crippen LogP contribution in [0.4, 0.5) is 0 Å². The molecule has 1 aliphatic heterocycles. The lowest BCUT2D eigenvalue weighted by Crippen LogP contribution is -2.13. The fourth-order valence-electron chi connectivity index (χ4n) is 0.897. The van der Waals surface area contributed by atoms with E-state index in [1.165, 1.54) is 0 Å². The lowest BCUT2D eigenvalue weighted by Gasteiger charge is -1.94. The van der Waals surface area contributed by atoms with E-state index in [2.05, 4.69) is 4.99 Å². The van der Waals surface area contributed by atoms with Gasteiger partial charge in [0, 0.05) is 0 Å². The standard InChI is InChI=1S/C6H9NO2S/c1-10-5-3-2-4(7-5)6(8)9/h4H,2-3H2,1H3,(H,8,9)/t4-/m0/s1. The number of aliphatic carboxylic acids is 1. The quantitative estimate of drug-likeness (QED) is 0.620. The molecule has 0 aromatic heterocycles. The van der Waals surface area contributed by atoms with E-state index in [1.807, 2.05) is 6.26 Å². The molecule has 0 amide bonds. The molecule has 0 saturated carbocycles. The normalized spacial score (nSPS) is 24.5. The van der Waals surface area contributed by atoms with Crippen LogP contribution < -0.4 is 0 Å². The average Bonchev–Trinajstić information content (AvgIpc) is 2.34. The number of carbonyl (C=O) groups is 1. The minimum atomic E-state index is -0.802. The van der Waals surface area contributed by atoms with Crippen LogP contribution in [0.25, 0.3) is 0 Å². The molecule has 0 aromatic carbocycles. The molecule has 1 N–H and O–H groups in total. The number of carboxylic acid groups (broad SMARTS) is 1. The Hall–Kier alpha value is -0.510. The van der Waals surface area contributed by atoms with Crippen LogP contribution in [0.5, 0.6) is 0 Å². The molecule has 56 valence electrons. The van der Waals surface area contributed by atoms with Gasteiger partial charge in [0.1, 0.15) is 6.04 Å². The number of rotatable bonds is 1. The lowest BCUT2D eigenvalue weighted by atomic mass is 10.2. The van der Waals surface area contributed by atoms with Crippen molar-refractivity contribution in [1.82, 2.24) is 0 Å². The van der Waals surface area contributed by atoms with Crippen LogP contribution in [-0.4, -0.2) is 28.4 Å². The third kappa shape index (κ3) is 1.50. The SMILES string of the molecule is CSC1=N[C@H](C(=O)O)CC1. The second-order valence-electron chi connectivity index (χ2n) is 2.12. The molecule has 1 atom stereocenters. The number of nitrogens with zero attached hydrogens (tertiary/aromatic N) is 1. The van der Waals surface area contributed by atoms with Gasteiger partial charge in [0.15, 0.2) is 0 Å². The summed E-state index contributed by atoms with van der Waals surface area (Å²) in [4.78, 5) is 14.3. The molecule has 0 aliphatic carbocycles. The van der Waals surface area contributed by atoms with Crippen LogP contribution in [0.3, 0.4) is 0 Å². The van der Waals surface area contributed by atoms with Gasteiger partial charge in [-0.2, -0.15) is 0 Å². The molecule has 1 rings (SSSR count). The summed E-state index contributed by atoms with van der Waals surface area (Å²) in [5.74, 6) is -0.802. The molecule has 3 nitrogen and oxygen atoms in total. The Labute approximate surface area is 63.5 Å². The van der Waals surface area contributed by atoms with Crippen molar-refractivity contribution in [3.8, 4) is 0 Å². The first-order valence-corrected chi connectivity index (χ1v) is 4.30. The second-order valence-corrected chi connectivity index (χ2v) is 3.00. The van der Waals surface area contributed by atoms with E-state index in [0.29, 0.717) is 6.42 Å². The lowest BCUT2D eigenvalue weighted by molar-refractivity contribution is -0.138. The Bertz CT molecular complexity index is 179. The van der Waals surface area contributed by atoms with Gasteiger partial charge in [0.2, 0.25) is 0 Å². The Morgan fingerprint density at radius 1 is 1.90 bits per heavy atom. The van der Waals surface area contributed by atoms with Crippen LogP contribution in [0.15, 0.2) is 4.99 Å². The Morgan fingerprint density at radius 2 is 2.60 bits per heavy atom. The van der Waals surface area contributed by atoms with Crippen LogP contribution >= 0.6 is 11.8 Å². The van der Waals surface area contributed by atoms with E-state index in [4.69, 9.17) is 5.11 Å². The van der Waals surface area contributed by atoms with Gasteiger partial charge in [-0.15, -0.1) is 11.8 Å². The van der Waals surface area contributed by atoms with Gasteiger partial charge in [-0.3, -0.25) is 4.99 Å². The summed E-state index contributed by atoms with van der Waals surface area (Å²) in [5, 5.41) is 9.48. The zero-order valence-electron chi connectivity index (χ0n) is 5.70. The molecule has 0 radical (unpaired) electrons. The van der Waals surface area contributed by atoms with Crippen LogP contribution in [0, 0.1) is 0 Å². The summed E-state index contributed by atoms with van der Waals surface area (Å²) in [6, 6.07) is -0.470. The van der Waals surface area contributed by atoms with Gasteiger partial charge >= 0.3 is 5.97 Å². The summed E-state index contributed by atoms with van der Waals surface area (Å²) >= 11 is 1.54. The molecule has 0 spiro atoms. The highest BCUT2D eigenvalue weighted by Crippen LogP contribution is 2.18. The van der Waals surface area contributed by atoms with Gasteiger partial charge in [0.25, 0.3) is 0 Å². The van der Waals surface area contributed by atoms with Crippen LogP contribution in [0.2, 0.25) is 0 Å². The third-order valence-corrected chi connectivity index (χ3v) is 2.23. The van der Waals surface area contributed by atoms with Gasteiger partial charge in [-0.25, -0.2) is 4.79 Å². The smallest absolute Gasteiger partial charge is 0.328 e. The monoisotopic (exact) mass is 159 g/mol. The van der Waals surface area contributed by atoms with E-state index in [1.54, 1.807) is 11.8 Å². The van der Waals surface area contributed by atoms with Gasteiger partial charge < -0.3 is 5.11 Å². The molecule has 4 heteroatoms. The number of hydrogen-bond donors (Lipinski definition) is 1. The van der Waals surface area contributed by atoms with Crippen molar-refractivity contribution in [3.63, 3.8) is 0 Å². The molecule has 0 unspecified atom stereocenters. The first kappa shape index (κ1) is 7.60. The fraction of sp³-hybridized carbons (Fsp3) is 0.667. The maximum atomic E-state index is 10.3. The molecule has 0 saturated heterocycles. The first-order chi connectivity index (χ1) is 4.74. The van der Waals surface area contributed by atoms with Crippen molar-refractivity contribution in [3.05, 3.63) is 0 Å². The Morgan fingerprint density at radius 3 is 2.90 bits per heavy atom. The Balaban J connectivity index is 2.55. The highest BCUT2D eigenvalue weighted by Gasteiger charge is 2.22. The molecule has 1 heterocycles. The molecule has 10 heavy (non-hydrogen) atoms. The zero-order chi connectivity index (χ0) is 7.56. The summed E-state index contributed by atoms with van der Waals surface area (Å²) < 4.78 is 0. The minimum absolute atomic E-state index is 0.470. The van der Waals surface area contributed by atoms with Gasteiger partial charge in [0.05, 0.1) is 5.04 Å². The van der Waals surface area contributed by atoms with Crippen molar-refractivity contribution in [1.29, 1.82) is 0 Å². The van der Waals surface area contributed by atoms with Crippen LogP contribution in [0.1, 0.15) is 12.8 Å². The largest absolute Gasteiger partial charge is 0.480 e. The summed E-state index contributed by atoms with van der Waals surface area (Å²) in [7, 11) is 0. The van der Waals surface area contributed by atoms with Crippen molar-refractivity contribution >= 4 is 22.8 Å². The summed E-state index contributed by atoms with van der Waals surface area (Å²) in [5.41, 5.74) is 0. The van der Waals surface area contributed by atoms with Gasteiger partial charge in [-0.05, 0) is 19.1 Å². The highest BCUT2D eigenvalue weighted by molar-refractivity contribution is 8.13. The number of hydrogen-bond acceptors (Lipinski definition) is 3. The highest BCUT2D eigenvalue weighted by atomic mass is 32.2. The maximum absolute atomic E-state index is 10.3. The van der Waals surface area contributed by atoms with Crippen LogP contribution in [-0.2, 0) is 4.79 Å². The van der Waals surface area contributed by atoms with Crippen molar-refractivity contribution < 1.29 is 9.90 Å². The fourth-order valence-corrected chi connectivity index (χ4v) is 1.45. The second kappa shape index (κ2) is 3.05. The van der Waals surface area contributed by atoms with E-state index < -0.39 is 12.0 Å². The predicted octanol–water partition coefficient (Wildman–Crippen LogP) is 0.995. The topological polar surface area (TPSA) is 49.7 Å². The maximum Gasteiger partial charge on any atom is 0.328 e. The number of aliphatic imine (C=N–C) groups is 1. The summed E-state index contributed by atoms with van der Waals surface area (Å²) in [6.45, 7) is 0. The van der Waals surface area contributed by atoms with Crippen molar-refractivity contribution in [2.75, 3.05) is 6.26 Å². The van der Waals surface area contributed by atoms with Crippen molar-refractivity contribution in [2.24, 2.45) is 4.99 Å². The predicted molar refractivity (Wildman–Crippen MR) is 41.6 cm³/mol. The molecular formula is C6H9NO2S.